The molecule has 0 saturated heterocycles. The highest BCUT2D eigenvalue weighted by Gasteiger charge is 2.60. The Kier molecular flexibility index (Phi) is 4.92. The van der Waals surface area contributed by atoms with E-state index in [1.54, 1.807) is 55.6 Å². The van der Waals surface area contributed by atoms with Crippen LogP contribution in [0.3, 0.4) is 0 Å². The fraction of sp³-hybridized carbons (Fsp3) is 0.360. The lowest BCUT2D eigenvalue weighted by molar-refractivity contribution is -0.123. The van der Waals surface area contributed by atoms with Crippen LogP contribution >= 0.6 is 0 Å². The fourth-order valence-corrected chi connectivity index (χ4v) is 4.98. The van der Waals surface area contributed by atoms with Gasteiger partial charge in [-0.1, -0.05) is 26.0 Å². The molecule has 2 bridgehead atoms. The number of carbonyl (C=O) groups is 2. The van der Waals surface area contributed by atoms with Gasteiger partial charge >= 0.3 is 0 Å². The summed E-state index contributed by atoms with van der Waals surface area (Å²) in [6.45, 7) is 8.69. The average Bonchev–Trinajstić information content (AvgIpc) is 3.28. The SMILES string of the molecule is C=C1C(C)(C)[C@H]2CC[C@]1(C(=O)Nc1ccc(C(=O)Nc3ccc(OC)cc3)cc1)C2. The molecule has 2 amide bonds. The standard InChI is InChI=1S/C25H28N2O3/c1-16-24(2,3)18-13-14-25(16,15-18)23(29)27-20-7-5-17(6-8-20)22(28)26-19-9-11-21(30-4)12-10-19/h5-12,18H,1,13-15H2,2-4H3,(H,26,28)(H,27,29)/t18-,25-/m0/s1. The zero-order valence-electron chi connectivity index (χ0n) is 17.7. The first-order chi connectivity index (χ1) is 14.3. The van der Waals surface area contributed by atoms with Gasteiger partial charge in [-0.15, -0.1) is 0 Å². The smallest absolute Gasteiger partial charge is 0.255 e. The summed E-state index contributed by atoms with van der Waals surface area (Å²) in [6, 6.07) is 14.1. The van der Waals surface area contributed by atoms with Gasteiger partial charge in [-0.3, -0.25) is 9.59 Å². The van der Waals surface area contributed by atoms with Crippen molar-refractivity contribution in [3.8, 4) is 5.75 Å². The van der Waals surface area contributed by atoms with Crippen molar-refractivity contribution in [3.63, 3.8) is 0 Å². The lowest BCUT2D eigenvalue weighted by Gasteiger charge is -2.37. The molecule has 2 N–H and O–H groups in total. The second kappa shape index (κ2) is 7.31. The van der Waals surface area contributed by atoms with Crippen LogP contribution in [0.4, 0.5) is 11.4 Å². The van der Waals surface area contributed by atoms with Gasteiger partial charge in [-0.05, 0) is 79.1 Å². The summed E-state index contributed by atoms with van der Waals surface area (Å²) < 4.78 is 5.12. The highest BCUT2D eigenvalue weighted by Crippen LogP contribution is 2.65. The topological polar surface area (TPSA) is 67.4 Å². The fourth-order valence-electron chi connectivity index (χ4n) is 4.98. The first kappa shape index (κ1) is 20.2. The van der Waals surface area contributed by atoms with Gasteiger partial charge in [0, 0.05) is 16.9 Å². The molecule has 156 valence electrons. The van der Waals surface area contributed by atoms with Crippen LogP contribution < -0.4 is 15.4 Å². The summed E-state index contributed by atoms with van der Waals surface area (Å²) in [5, 5.41) is 5.91. The molecule has 2 saturated carbocycles. The largest absolute Gasteiger partial charge is 0.497 e. The molecule has 0 heterocycles. The molecule has 2 atom stereocenters. The highest BCUT2D eigenvalue weighted by atomic mass is 16.5. The average molecular weight is 405 g/mol. The maximum Gasteiger partial charge on any atom is 0.255 e. The van der Waals surface area contributed by atoms with E-state index < -0.39 is 5.41 Å². The predicted octanol–water partition coefficient (Wildman–Crippen LogP) is 5.27. The minimum absolute atomic E-state index is 0.0129. The molecule has 30 heavy (non-hydrogen) atoms. The van der Waals surface area contributed by atoms with Gasteiger partial charge in [0.15, 0.2) is 0 Å². The quantitative estimate of drug-likeness (QED) is 0.667. The Labute approximate surface area is 177 Å². The van der Waals surface area contributed by atoms with Crippen molar-refractivity contribution >= 4 is 23.2 Å². The van der Waals surface area contributed by atoms with Crippen molar-refractivity contribution in [1.82, 2.24) is 0 Å². The van der Waals surface area contributed by atoms with Gasteiger partial charge in [0.1, 0.15) is 5.75 Å². The van der Waals surface area contributed by atoms with Crippen LogP contribution in [0.25, 0.3) is 0 Å². The lowest BCUT2D eigenvalue weighted by atomic mass is 9.68. The van der Waals surface area contributed by atoms with Gasteiger partial charge in [-0.2, -0.15) is 0 Å². The maximum absolute atomic E-state index is 13.1. The van der Waals surface area contributed by atoms with Crippen LogP contribution in [-0.4, -0.2) is 18.9 Å². The van der Waals surface area contributed by atoms with E-state index in [2.05, 4.69) is 31.1 Å². The normalized spacial score (nSPS) is 23.8. The molecule has 2 aliphatic rings. The number of hydrogen-bond acceptors (Lipinski definition) is 3. The number of rotatable bonds is 5. The third kappa shape index (κ3) is 3.28. The van der Waals surface area contributed by atoms with E-state index in [-0.39, 0.29) is 17.2 Å². The zero-order valence-corrected chi connectivity index (χ0v) is 17.7. The molecule has 0 unspecified atom stereocenters. The van der Waals surface area contributed by atoms with E-state index in [1.165, 1.54) is 0 Å². The minimum atomic E-state index is -0.460. The van der Waals surface area contributed by atoms with E-state index in [0.29, 0.717) is 22.9 Å². The van der Waals surface area contributed by atoms with Crippen molar-refractivity contribution in [2.24, 2.45) is 16.7 Å². The van der Waals surface area contributed by atoms with Gasteiger partial charge in [0.25, 0.3) is 5.91 Å². The Bertz CT molecular complexity index is 992. The number of benzene rings is 2. The molecule has 0 spiro atoms. The van der Waals surface area contributed by atoms with Gasteiger partial charge in [-0.25, -0.2) is 0 Å². The van der Waals surface area contributed by atoms with E-state index >= 15 is 0 Å². The van der Waals surface area contributed by atoms with E-state index in [1.807, 2.05) is 0 Å². The van der Waals surface area contributed by atoms with E-state index in [4.69, 9.17) is 4.74 Å². The second-order valence-corrected chi connectivity index (χ2v) is 8.94. The number of ether oxygens (including phenoxy) is 1. The summed E-state index contributed by atoms with van der Waals surface area (Å²) >= 11 is 0. The third-order valence-electron chi connectivity index (χ3n) is 7.08. The molecule has 2 aromatic carbocycles. The molecule has 5 heteroatoms. The molecule has 5 nitrogen and oxygen atoms in total. The number of nitrogens with one attached hydrogen (secondary N) is 2. The van der Waals surface area contributed by atoms with E-state index in [9.17, 15) is 9.59 Å². The molecule has 0 radical (unpaired) electrons. The summed E-state index contributed by atoms with van der Waals surface area (Å²) in [6.07, 6.45) is 2.82. The number of hydrogen-bond donors (Lipinski definition) is 2. The number of amides is 2. The number of carbonyl (C=O) groups excluding carboxylic acids is 2. The van der Waals surface area contributed by atoms with Gasteiger partial charge in [0.2, 0.25) is 5.91 Å². The molecule has 0 aromatic heterocycles. The van der Waals surface area contributed by atoms with Gasteiger partial charge < -0.3 is 15.4 Å². The van der Waals surface area contributed by atoms with Crippen LogP contribution in [0, 0.1) is 16.7 Å². The van der Waals surface area contributed by atoms with Crippen LogP contribution in [0.5, 0.6) is 5.75 Å². The van der Waals surface area contributed by atoms with Crippen molar-refractivity contribution < 1.29 is 14.3 Å². The predicted molar refractivity (Wildman–Crippen MR) is 119 cm³/mol. The van der Waals surface area contributed by atoms with Crippen LogP contribution in [-0.2, 0) is 4.79 Å². The Morgan fingerprint density at radius 1 is 1.00 bits per heavy atom. The van der Waals surface area contributed by atoms with Crippen LogP contribution in [0.15, 0.2) is 60.7 Å². The van der Waals surface area contributed by atoms with E-state index in [0.717, 1.165) is 30.6 Å². The molecular weight excluding hydrogens is 376 g/mol. The van der Waals surface area contributed by atoms with Crippen molar-refractivity contribution in [2.75, 3.05) is 17.7 Å². The second-order valence-electron chi connectivity index (χ2n) is 8.94. The molecule has 2 aromatic rings. The Balaban J connectivity index is 1.42. The molecule has 0 aliphatic heterocycles. The first-order valence-corrected chi connectivity index (χ1v) is 10.3. The zero-order chi connectivity index (χ0) is 21.5. The number of fused-ring (bicyclic) bond motifs is 2. The molecule has 2 fully saturated rings. The number of anilines is 2. The Morgan fingerprint density at radius 2 is 1.60 bits per heavy atom. The van der Waals surface area contributed by atoms with Gasteiger partial charge in [0.05, 0.1) is 12.5 Å². The summed E-state index contributed by atoms with van der Waals surface area (Å²) in [5.74, 6) is 1.08. The molecule has 2 aliphatic carbocycles. The molecule has 4 rings (SSSR count). The van der Waals surface area contributed by atoms with Crippen molar-refractivity contribution in [3.05, 3.63) is 66.2 Å². The summed E-state index contributed by atoms with van der Waals surface area (Å²) in [5.41, 5.74) is 2.51. The summed E-state index contributed by atoms with van der Waals surface area (Å²) in [4.78, 5) is 25.6. The monoisotopic (exact) mass is 404 g/mol. The number of methoxy groups -OCH3 is 1. The lowest BCUT2D eigenvalue weighted by Crippen LogP contribution is -2.37. The Morgan fingerprint density at radius 3 is 2.17 bits per heavy atom. The molecular formula is C25H28N2O3. The first-order valence-electron chi connectivity index (χ1n) is 10.3. The Hall–Kier alpha value is -3.08. The maximum atomic E-state index is 13.1. The van der Waals surface area contributed by atoms with Crippen molar-refractivity contribution in [2.45, 2.75) is 33.1 Å². The summed E-state index contributed by atoms with van der Waals surface area (Å²) in [7, 11) is 1.60. The highest BCUT2D eigenvalue weighted by molar-refractivity contribution is 6.05. The van der Waals surface area contributed by atoms with Crippen LogP contribution in [0.2, 0.25) is 0 Å². The third-order valence-corrected chi connectivity index (χ3v) is 7.08. The van der Waals surface area contributed by atoms with Crippen LogP contribution in [0.1, 0.15) is 43.5 Å². The van der Waals surface area contributed by atoms with Crippen molar-refractivity contribution in [1.29, 1.82) is 0 Å². The minimum Gasteiger partial charge on any atom is -0.497 e.